The minimum atomic E-state index is -1.38. The molecule has 2 aromatic carbocycles. The van der Waals surface area contributed by atoms with Crippen molar-refractivity contribution in [1.29, 1.82) is 0 Å². The largest absolute Gasteiger partial charge is 0.490 e. The predicted octanol–water partition coefficient (Wildman–Crippen LogP) is 2.38. The number of benzene rings is 2. The van der Waals surface area contributed by atoms with Crippen molar-refractivity contribution in [3.63, 3.8) is 0 Å². The number of esters is 2. The van der Waals surface area contributed by atoms with Crippen LogP contribution in [-0.2, 0) is 28.7 Å². The monoisotopic (exact) mass is 706 g/mol. The number of amides is 2. The quantitative estimate of drug-likeness (QED) is 0.189. The fraction of sp³-hybridized carbons (Fsp3) is 0.324. The number of ether oxygens (including phenoxy) is 4. The number of hydrogen-bond acceptors (Lipinski definition) is 12. The zero-order valence-corrected chi connectivity index (χ0v) is 29.3. The third-order valence-corrected chi connectivity index (χ3v) is 9.23. The Morgan fingerprint density at radius 3 is 2.43 bits per heavy atom. The van der Waals surface area contributed by atoms with Crippen LogP contribution in [-0.4, -0.2) is 60.4 Å². The van der Waals surface area contributed by atoms with Crippen LogP contribution in [0.1, 0.15) is 43.5 Å². The minimum Gasteiger partial charge on any atom is -0.490 e. The van der Waals surface area contributed by atoms with Crippen molar-refractivity contribution in [1.82, 2.24) is 9.88 Å². The van der Waals surface area contributed by atoms with Gasteiger partial charge in [-0.05, 0) is 93.9 Å². The van der Waals surface area contributed by atoms with Crippen molar-refractivity contribution in [2.24, 2.45) is 10.9 Å². The topological polar surface area (TPSA) is 155 Å². The molecule has 1 aromatic heterocycles. The lowest BCUT2D eigenvalue weighted by Crippen LogP contribution is -2.58. The normalized spacial score (nSPS) is 17.7. The molecule has 1 fully saturated rings. The molecule has 3 heterocycles. The molecular formula is C34H34N4O9S2. The van der Waals surface area contributed by atoms with Crippen LogP contribution in [0.4, 0.5) is 5.69 Å². The second-order valence-electron chi connectivity index (χ2n) is 11.0. The van der Waals surface area contributed by atoms with E-state index < -0.39 is 41.3 Å². The Kier molecular flexibility index (Phi) is 10.4. The number of aryl methyl sites for hydroxylation is 2. The van der Waals surface area contributed by atoms with Crippen molar-refractivity contribution in [3.8, 4) is 11.5 Å². The molecule has 0 saturated carbocycles. The molecule has 5 rings (SSSR count). The summed E-state index contributed by atoms with van der Waals surface area (Å²) >= 11 is 6.33. The highest BCUT2D eigenvalue weighted by Crippen LogP contribution is 2.36. The lowest BCUT2D eigenvalue weighted by molar-refractivity contribution is -0.143. The van der Waals surface area contributed by atoms with Gasteiger partial charge in [0.15, 0.2) is 28.0 Å². The molecule has 1 saturated heterocycles. The Balaban J connectivity index is 1.63. The number of fused-ring (bicyclic) bond motifs is 1. The molecule has 2 atom stereocenters. The van der Waals surface area contributed by atoms with Crippen molar-refractivity contribution in [2.45, 2.75) is 40.7 Å². The lowest BCUT2D eigenvalue weighted by Gasteiger charge is -2.31. The smallest absolute Gasteiger partial charge is 0.343 e. The van der Waals surface area contributed by atoms with E-state index in [1.165, 1.54) is 22.7 Å². The standard InChI is InChI=1S/C34H34N4O9S2/c1-7-45-24-14-20(10-12-23(24)47-16-26(39)44-6)28-27(32(43)46-8-2)19(5)35-34-38(28)31(42)25(49-34)15-22-29(40)36-33(48)37(30(22)41)21-11-9-17(3)18(4)13-21/h9-15,22,28H,7-8,16H2,1-6H3,(H,36,40,48)/b25-15+/t22-,28+/m0/s1. The molecule has 2 amide bonds. The molecule has 1 N–H and O–H groups in total. The summed E-state index contributed by atoms with van der Waals surface area (Å²) in [6.07, 6.45) is 1.30. The molecule has 13 nitrogen and oxygen atoms in total. The number of rotatable bonds is 10. The van der Waals surface area contributed by atoms with Crippen LogP contribution in [0.25, 0.3) is 6.08 Å². The number of nitrogens with zero attached hydrogens (tertiary/aromatic N) is 3. The van der Waals surface area contributed by atoms with E-state index in [0.717, 1.165) is 22.5 Å². The van der Waals surface area contributed by atoms with E-state index in [1.807, 2.05) is 19.9 Å². The zero-order chi connectivity index (χ0) is 35.6. The van der Waals surface area contributed by atoms with Crippen molar-refractivity contribution in [2.75, 3.05) is 31.8 Å². The summed E-state index contributed by atoms with van der Waals surface area (Å²) in [5, 5.41) is 2.51. The van der Waals surface area contributed by atoms with Crippen LogP contribution in [0, 0.1) is 19.8 Å². The summed E-state index contributed by atoms with van der Waals surface area (Å²) in [7, 11) is 1.24. The number of aromatic nitrogens is 1. The first-order valence-electron chi connectivity index (χ1n) is 15.3. The fourth-order valence-electron chi connectivity index (χ4n) is 5.40. The van der Waals surface area contributed by atoms with Crippen molar-refractivity contribution >= 4 is 64.2 Å². The van der Waals surface area contributed by atoms with Crippen molar-refractivity contribution in [3.05, 3.63) is 84.0 Å². The molecular weight excluding hydrogens is 673 g/mol. The van der Waals surface area contributed by atoms with E-state index in [4.69, 9.17) is 26.4 Å². The second kappa shape index (κ2) is 14.5. The molecule has 2 aliphatic rings. The van der Waals surface area contributed by atoms with Gasteiger partial charge in [-0.15, -0.1) is 0 Å². The number of anilines is 1. The number of carbonyl (C=O) groups excluding carboxylic acids is 4. The van der Waals surface area contributed by atoms with Crippen molar-refractivity contribution < 1.29 is 38.1 Å². The number of hydrogen-bond donors (Lipinski definition) is 1. The summed E-state index contributed by atoms with van der Waals surface area (Å²) in [5.74, 6) is -3.44. The number of thiocarbonyl (C=S) groups is 1. The molecule has 0 unspecified atom stereocenters. The maximum Gasteiger partial charge on any atom is 0.343 e. The first kappa shape index (κ1) is 35.2. The third-order valence-electron chi connectivity index (χ3n) is 7.94. The van der Waals surface area contributed by atoms with Crippen LogP contribution in [0.2, 0.25) is 0 Å². The first-order valence-corrected chi connectivity index (χ1v) is 16.5. The van der Waals surface area contributed by atoms with Gasteiger partial charge in [-0.3, -0.25) is 23.9 Å². The van der Waals surface area contributed by atoms with E-state index >= 15 is 0 Å². The van der Waals surface area contributed by atoms with Gasteiger partial charge in [-0.25, -0.2) is 14.6 Å². The number of carbonyl (C=O) groups is 4. The number of thiazole rings is 1. The summed E-state index contributed by atoms with van der Waals surface area (Å²) in [5.41, 5.74) is 2.73. The van der Waals surface area contributed by atoms with Crippen LogP contribution in [0.5, 0.6) is 11.5 Å². The molecule has 49 heavy (non-hydrogen) atoms. The molecule has 3 aromatic rings. The van der Waals surface area contributed by atoms with Gasteiger partial charge in [0.2, 0.25) is 11.8 Å². The summed E-state index contributed by atoms with van der Waals surface area (Å²) < 4.78 is 22.8. The second-order valence-corrected chi connectivity index (χ2v) is 12.4. The fourth-order valence-corrected chi connectivity index (χ4v) is 6.75. The molecule has 0 spiro atoms. The van der Waals surface area contributed by atoms with Gasteiger partial charge >= 0.3 is 11.9 Å². The summed E-state index contributed by atoms with van der Waals surface area (Å²) in [6.45, 7) is 8.87. The van der Waals surface area contributed by atoms with Gasteiger partial charge in [-0.1, -0.05) is 23.5 Å². The molecule has 2 aliphatic heterocycles. The van der Waals surface area contributed by atoms with Gasteiger partial charge in [0, 0.05) is 0 Å². The number of nitrogens with one attached hydrogen (secondary N) is 1. The minimum absolute atomic E-state index is 0.0612. The number of allylic oxidation sites excluding steroid dienone is 1. The summed E-state index contributed by atoms with van der Waals surface area (Å²) in [4.78, 5) is 72.3. The van der Waals surface area contributed by atoms with E-state index in [2.05, 4.69) is 15.0 Å². The molecule has 0 bridgehead atoms. The lowest BCUT2D eigenvalue weighted by atomic mass is 9.95. The molecule has 15 heteroatoms. The maximum atomic E-state index is 14.2. The summed E-state index contributed by atoms with van der Waals surface area (Å²) in [6, 6.07) is 9.16. The Morgan fingerprint density at radius 2 is 1.76 bits per heavy atom. The van der Waals surface area contributed by atoms with Gasteiger partial charge in [0.1, 0.15) is 5.92 Å². The van der Waals surface area contributed by atoms with Gasteiger partial charge in [0.25, 0.3) is 5.56 Å². The van der Waals surface area contributed by atoms with E-state index in [-0.39, 0.29) is 51.3 Å². The van der Waals surface area contributed by atoms with Crippen LogP contribution in [0.15, 0.2) is 57.5 Å². The Hall–Kier alpha value is -5.15. The highest BCUT2D eigenvalue weighted by Gasteiger charge is 2.39. The number of methoxy groups -OCH3 is 1. The van der Waals surface area contributed by atoms with E-state index in [9.17, 15) is 24.0 Å². The Labute approximate surface area is 290 Å². The van der Waals surface area contributed by atoms with Gasteiger partial charge < -0.3 is 24.3 Å². The highest BCUT2D eigenvalue weighted by atomic mass is 32.1. The zero-order valence-electron chi connectivity index (χ0n) is 27.6. The third kappa shape index (κ3) is 6.89. The van der Waals surface area contributed by atoms with Gasteiger partial charge in [-0.2, -0.15) is 0 Å². The average Bonchev–Trinajstić information content (AvgIpc) is 3.37. The van der Waals surface area contributed by atoms with E-state index in [0.29, 0.717) is 16.9 Å². The SMILES string of the molecule is CCOC(=O)C1=C(C)N=c2s/c(=C/[C@H]3C(=O)NC(=S)N(c4ccc(C)c(C)c4)C3=O)c(=O)n2[C@@H]1c1ccc(OCC(=O)OC)c(OCC)c1. The predicted molar refractivity (Wildman–Crippen MR) is 184 cm³/mol. The average molecular weight is 707 g/mol. The Bertz CT molecular complexity index is 2100. The van der Waals surface area contributed by atoms with E-state index in [1.54, 1.807) is 51.1 Å². The molecule has 0 radical (unpaired) electrons. The van der Waals surface area contributed by atoms with Gasteiger partial charge in [0.05, 0.1) is 47.9 Å². The van der Waals surface area contributed by atoms with Crippen LogP contribution < -0.4 is 34.6 Å². The van der Waals surface area contributed by atoms with Crippen LogP contribution >= 0.6 is 23.6 Å². The first-order chi connectivity index (χ1) is 23.4. The highest BCUT2D eigenvalue weighted by molar-refractivity contribution is 7.80. The molecule has 0 aliphatic carbocycles. The molecule has 256 valence electrons. The maximum absolute atomic E-state index is 14.2. The Morgan fingerprint density at radius 1 is 1.00 bits per heavy atom. The van der Waals surface area contributed by atoms with Crippen LogP contribution in [0.3, 0.4) is 0 Å².